The van der Waals surface area contributed by atoms with Crippen LogP contribution in [0.2, 0.25) is 0 Å². The number of anilines is 1. The molecule has 0 saturated carbocycles. The normalized spacial score (nSPS) is 17.1. The van der Waals surface area contributed by atoms with Crippen molar-refractivity contribution in [1.82, 2.24) is 14.9 Å². The van der Waals surface area contributed by atoms with Crippen LogP contribution >= 0.6 is 0 Å². The van der Waals surface area contributed by atoms with Gasteiger partial charge in [-0.2, -0.15) is 5.26 Å². The Kier molecular flexibility index (Phi) is 5.31. The fourth-order valence-electron chi connectivity index (χ4n) is 3.03. The molecular formula is C18H21N5O2. The number of hydrogen-bond acceptors (Lipinski definition) is 7. The Morgan fingerprint density at radius 2 is 1.92 bits per heavy atom. The minimum Gasteiger partial charge on any atom is -0.497 e. The van der Waals surface area contributed by atoms with Crippen molar-refractivity contribution in [1.29, 1.82) is 5.26 Å². The quantitative estimate of drug-likeness (QED) is 0.862. The smallest absolute Gasteiger partial charge is 0.182 e. The number of rotatable bonds is 6. The van der Waals surface area contributed by atoms with Crippen LogP contribution in [0, 0.1) is 11.3 Å². The van der Waals surface area contributed by atoms with Gasteiger partial charge in [0.05, 0.1) is 14.2 Å². The number of benzene rings is 1. The second-order valence-corrected chi connectivity index (χ2v) is 5.95. The maximum atomic E-state index is 9.11. The molecular weight excluding hydrogens is 318 g/mol. The van der Waals surface area contributed by atoms with E-state index in [2.05, 4.69) is 26.3 Å². The van der Waals surface area contributed by atoms with Crippen molar-refractivity contribution >= 4 is 5.82 Å². The van der Waals surface area contributed by atoms with E-state index in [4.69, 9.17) is 14.7 Å². The highest BCUT2D eigenvalue weighted by Gasteiger charge is 2.24. The summed E-state index contributed by atoms with van der Waals surface area (Å²) in [5.41, 5.74) is 1.48. The third kappa shape index (κ3) is 4.17. The zero-order valence-electron chi connectivity index (χ0n) is 14.4. The van der Waals surface area contributed by atoms with Gasteiger partial charge >= 0.3 is 0 Å². The minimum absolute atomic E-state index is 0.247. The molecule has 0 radical (unpaired) electrons. The summed E-state index contributed by atoms with van der Waals surface area (Å²) in [6.07, 6.45) is 4.11. The molecule has 7 heteroatoms. The van der Waals surface area contributed by atoms with Gasteiger partial charge in [-0.1, -0.05) is 0 Å². The highest BCUT2D eigenvalue weighted by Crippen LogP contribution is 2.25. The molecule has 0 amide bonds. The molecule has 130 valence electrons. The lowest BCUT2D eigenvalue weighted by atomic mass is 10.2. The van der Waals surface area contributed by atoms with E-state index in [1.807, 2.05) is 18.2 Å². The summed E-state index contributed by atoms with van der Waals surface area (Å²) < 4.78 is 10.7. The number of methoxy groups -OCH3 is 2. The van der Waals surface area contributed by atoms with E-state index < -0.39 is 0 Å². The van der Waals surface area contributed by atoms with Crippen LogP contribution in [-0.2, 0) is 6.54 Å². The van der Waals surface area contributed by atoms with Crippen molar-refractivity contribution in [2.45, 2.75) is 19.0 Å². The summed E-state index contributed by atoms with van der Waals surface area (Å²) in [7, 11) is 3.31. The van der Waals surface area contributed by atoms with Gasteiger partial charge in [0.2, 0.25) is 0 Å². The van der Waals surface area contributed by atoms with Gasteiger partial charge in [-0.3, -0.25) is 4.90 Å². The second kappa shape index (κ2) is 7.81. The second-order valence-electron chi connectivity index (χ2n) is 5.95. The fourth-order valence-corrected chi connectivity index (χ4v) is 3.03. The molecule has 1 saturated heterocycles. The number of ether oxygens (including phenoxy) is 2. The third-order valence-electron chi connectivity index (χ3n) is 4.23. The highest BCUT2D eigenvalue weighted by atomic mass is 16.5. The van der Waals surface area contributed by atoms with E-state index in [9.17, 15) is 0 Å². The largest absolute Gasteiger partial charge is 0.497 e. The molecule has 1 N–H and O–H groups in total. The predicted octanol–water partition coefficient (Wildman–Crippen LogP) is 2.05. The van der Waals surface area contributed by atoms with Crippen molar-refractivity contribution in [3.8, 4) is 17.6 Å². The minimum atomic E-state index is 0.247. The molecule has 3 rings (SSSR count). The predicted molar refractivity (Wildman–Crippen MR) is 93.6 cm³/mol. The molecule has 25 heavy (non-hydrogen) atoms. The monoisotopic (exact) mass is 339 g/mol. The Balaban J connectivity index is 1.63. The summed E-state index contributed by atoms with van der Waals surface area (Å²) >= 11 is 0. The van der Waals surface area contributed by atoms with Crippen LogP contribution in [0.25, 0.3) is 0 Å². The zero-order valence-corrected chi connectivity index (χ0v) is 14.4. The average Bonchev–Trinajstić information content (AvgIpc) is 3.08. The average molecular weight is 339 g/mol. The Morgan fingerprint density at radius 3 is 2.60 bits per heavy atom. The lowest BCUT2D eigenvalue weighted by Crippen LogP contribution is -2.26. The van der Waals surface area contributed by atoms with Gasteiger partial charge in [0, 0.05) is 44.1 Å². The number of aromatic nitrogens is 2. The number of likely N-dealkylation sites (tertiary alicyclic amines) is 1. The number of hydrogen-bond donors (Lipinski definition) is 1. The van der Waals surface area contributed by atoms with Gasteiger partial charge in [-0.25, -0.2) is 9.97 Å². The van der Waals surface area contributed by atoms with Crippen LogP contribution in [-0.4, -0.2) is 48.2 Å². The number of nitrogens with one attached hydrogen (secondary N) is 1. The van der Waals surface area contributed by atoms with Crippen LogP contribution < -0.4 is 14.8 Å². The first-order valence-corrected chi connectivity index (χ1v) is 8.13. The van der Waals surface area contributed by atoms with Crippen LogP contribution in [0.3, 0.4) is 0 Å². The lowest BCUT2D eigenvalue weighted by molar-refractivity contribution is 0.326. The third-order valence-corrected chi connectivity index (χ3v) is 4.23. The maximum Gasteiger partial charge on any atom is 0.182 e. The highest BCUT2D eigenvalue weighted by molar-refractivity contribution is 5.47. The number of nitriles is 1. The van der Waals surface area contributed by atoms with Crippen molar-refractivity contribution < 1.29 is 9.47 Å². The first-order valence-electron chi connectivity index (χ1n) is 8.13. The molecule has 1 aliphatic rings. The van der Waals surface area contributed by atoms with Crippen molar-refractivity contribution in [3.05, 3.63) is 41.9 Å². The molecule has 1 aromatic carbocycles. The summed E-state index contributed by atoms with van der Waals surface area (Å²) in [6, 6.07) is 8.24. The van der Waals surface area contributed by atoms with Crippen LogP contribution in [0.4, 0.5) is 5.82 Å². The van der Waals surface area contributed by atoms with E-state index in [0.717, 1.165) is 43.1 Å². The summed E-state index contributed by atoms with van der Waals surface area (Å²) in [4.78, 5) is 10.6. The van der Waals surface area contributed by atoms with Crippen molar-refractivity contribution in [3.63, 3.8) is 0 Å². The van der Waals surface area contributed by atoms with E-state index in [0.29, 0.717) is 11.5 Å². The Hall–Kier alpha value is -2.85. The molecule has 2 heterocycles. The SMILES string of the molecule is COc1cc(CN2CC[C@H](Nc3nccnc3C#N)C2)cc(OC)c1. The molecule has 0 bridgehead atoms. The summed E-state index contributed by atoms with van der Waals surface area (Å²) in [5, 5.41) is 12.4. The Labute approximate surface area is 147 Å². The van der Waals surface area contributed by atoms with Crippen LogP contribution in [0.15, 0.2) is 30.6 Å². The maximum absolute atomic E-state index is 9.11. The van der Waals surface area contributed by atoms with Gasteiger partial charge in [-0.15, -0.1) is 0 Å². The molecule has 1 aliphatic heterocycles. The molecule has 2 aromatic rings. The molecule has 1 atom stereocenters. The topological polar surface area (TPSA) is 83.3 Å². The Bertz CT molecular complexity index is 752. The standard InChI is InChI=1S/C18H21N5O2/c1-24-15-7-13(8-16(9-15)25-2)11-23-6-3-14(12-23)22-18-17(10-19)20-4-5-21-18/h4-5,7-9,14H,3,6,11-12H2,1-2H3,(H,21,22)/t14-/m0/s1. The molecule has 0 spiro atoms. The summed E-state index contributed by atoms with van der Waals surface area (Å²) in [6.45, 7) is 2.66. The Morgan fingerprint density at radius 1 is 1.20 bits per heavy atom. The molecule has 1 fully saturated rings. The zero-order chi connectivity index (χ0) is 17.6. The van der Waals surface area contributed by atoms with Gasteiger partial charge in [0.25, 0.3) is 0 Å². The molecule has 0 aliphatic carbocycles. The van der Waals surface area contributed by atoms with E-state index in [1.54, 1.807) is 20.4 Å². The fraction of sp³-hybridized carbons (Fsp3) is 0.389. The van der Waals surface area contributed by atoms with Crippen molar-refractivity contribution in [2.24, 2.45) is 0 Å². The molecule has 0 unspecified atom stereocenters. The molecule has 7 nitrogen and oxygen atoms in total. The lowest BCUT2D eigenvalue weighted by Gasteiger charge is -2.18. The van der Waals surface area contributed by atoms with Gasteiger partial charge in [0.15, 0.2) is 11.5 Å². The van der Waals surface area contributed by atoms with Gasteiger partial charge in [-0.05, 0) is 24.1 Å². The summed E-state index contributed by atoms with van der Waals surface area (Å²) in [5.74, 6) is 2.14. The van der Waals surface area contributed by atoms with Gasteiger partial charge in [0.1, 0.15) is 17.6 Å². The van der Waals surface area contributed by atoms with Crippen molar-refractivity contribution in [2.75, 3.05) is 32.6 Å². The van der Waals surface area contributed by atoms with E-state index >= 15 is 0 Å². The number of nitrogens with zero attached hydrogens (tertiary/aromatic N) is 4. The van der Waals surface area contributed by atoms with E-state index in [1.165, 1.54) is 6.20 Å². The first-order chi connectivity index (χ1) is 12.2. The van der Waals surface area contributed by atoms with Crippen LogP contribution in [0.1, 0.15) is 17.7 Å². The van der Waals surface area contributed by atoms with E-state index in [-0.39, 0.29) is 6.04 Å². The van der Waals surface area contributed by atoms with Gasteiger partial charge < -0.3 is 14.8 Å². The molecule has 1 aromatic heterocycles. The van der Waals surface area contributed by atoms with Crippen LogP contribution in [0.5, 0.6) is 11.5 Å². The first kappa shape index (κ1) is 17.0.